The molecule has 0 aromatic heterocycles. The molecule has 0 aliphatic carbocycles. The molecule has 1 heterocycles. The Morgan fingerprint density at radius 1 is 1.07 bits per heavy atom. The second-order valence-corrected chi connectivity index (χ2v) is 9.62. The molecule has 1 saturated heterocycles. The molecule has 3 amide bonds. The molecular formula is C30H37N3O8. The van der Waals surface area contributed by atoms with Crippen LogP contribution in [-0.4, -0.2) is 85.2 Å². The van der Waals surface area contributed by atoms with Crippen molar-refractivity contribution in [3.63, 3.8) is 0 Å². The number of nitrogens with zero attached hydrogens (tertiary/aromatic N) is 1. The van der Waals surface area contributed by atoms with Crippen LogP contribution in [-0.2, 0) is 23.9 Å². The normalized spacial score (nSPS) is 16.9. The lowest BCUT2D eigenvalue weighted by atomic mass is 9.96. The number of benzene rings is 2. The van der Waals surface area contributed by atoms with Crippen LogP contribution in [0.25, 0.3) is 0 Å². The van der Waals surface area contributed by atoms with E-state index in [1.54, 1.807) is 48.5 Å². The van der Waals surface area contributed by atoms with E-state index < -0.39 is 35.7 Å². The van der Waals surface area contributed by atoms with Crippen LogP contribution in [0.15, 0.2) is 48.5 Å². The maximum atomic E-state index is 13.3. The number of carbonyl (C=O) groups is 3. The molecule has 3 atom stereocenters. The topological polar surface area (TPSA) is 147 Å². The number of carbonyl (C=O) groups excluding carboxylic acids is 3. The molecule has 2 aromatic rings. The Morgan fingerprint density at radius 2 is 1.71 bits per heavy atom. The minimum atomic E-state index is -1.90. The second kappa shape index (κ2) is 15.3. The van der Waals surface area contributed by atoms with Gasteiger partial charge >= 0.3 is 0 Å². The van der Waals surface area contributed by atoms with Gasteiger partial charge in [-0.2, -0.15) is 0 Å². The van der Waals surface area contributed by atoms with Crippen molar-refractivity contribution in [2.75, 3.05) is 40.5 Å². The molecule has 11 nitrogen and oxygen atoms in total. The number of hydrogen-bond acceptors (Lipinski definition) is 8. The number of amides is 3. The zero-order valence-electron chi connectivity index (χ0n) is 23.5. The van der Waals surface area contributed by atoms with E-state index in [2.05, 4.69) is 22.6 Å². The first kappa shape index (κ1) is 31.7. The van der Waals surface area contributed by atoms with E-state index in [1.165, 1.54) is 21.0 Å². The van der Waals surface area contributed by atoms with Crippen LogP contribution in [0.1, 0.15) is 59.3 Å². The van der Waals surface area contributed by atoms with Crippen LogP contribution in [0, 0.1) is 11.8 Å². The number of ether oxygens (including phenoxy) is 2. The quantitative estimate of drug-likeness (QED) is 0.138. The maximum Gasteiger partial charge on any atom is 0.279 e. The highest BCUT2D eigenvalue weighted by Gasteiger charge is 2.47. The fraction of sp³-hybridized carbons (Fsp3) is 0.433. The highest BCUT2D eigenvalue weighted by Crippen LogP contribution is 2.20. The van der Waals surface area contributed by atoms with Gasteiger partial charge in [0.2, 0.25) is 0 Å². The largest absolute Gasteiger partial charge is 0.394 e. The van der Waals surface area contributed by atoms with Crippen molar-refractivity contribution in [2.24, 2.45) is 0 Å². The van der Waals surface area contributed by atoms with Gasteiger partial charge in [-0.25, -0.2) is 10.3 Å². The van der Waals surface area contributed by atoms with E-state index >= 15 is 0 Å². The molecule has 1 aliphatic heterocycles. The van der Waals surface area contributed by atoms with E-state index in [0.717, 1.165) is 23.3 Å². The number of hydroxylamine groups is 1. The van der Waals surface area contributed by atoms with Crippen molar-refractivity contribution < 1.29 is 38.9 Å². The molecular weight excluding hydrogens is 530 g/mol. The van der Waals surface area contributed by atoms with Crippen LogP contribution in [0.5, 0.6) is 0 Å². The third kappa shape index (κ3) is 8.36. The van der Waals surface area contributed by atoms with Crippen LogP contribution in [0.2, 0.25) is 0 Å². The summed E-state index contributed by atoms with van der Waals surface area (Å²) in [6.45, 7) is 2.00. The van der Waals surface area contributed by atoms with Gasteiger partial charge in [-0.05, 0) is 61.7 Å². The first-order valence-corrected chi connectivity index (χ1v) is 13.4. The average molecular weight is 568 g/mol. The van der Waals surface area contributed by atoms with Gasteiger partial charge < -0.3 is 29.9 Å². The van der Waals surface area contributed by atoms with Crippen LogP contribution >= 0.6 is 0 Å². The van der Waals surface area contributed by atoms with Crippen LogP contribution in [0.3, 0.4) is 0 Å². The molecule has 0 saturated carbocycles. The van der Waals surface area contributed by atoms with Gasteiger partial charge in [-0.15, -0.1) is 0 Å². The summed E-state index contributed by atoms with van der Waals surface area (Å²) in [6, 6.07) is 13.5. The first-order chi connectivity index (χ1) is 19.7. The standard InChI is InChI=1S/C30H37N3O8/c1-30(28(37)31-2,29(38)32-41-26-6-4-5-18-40-26)33(3)27(36)24-15-11-22(12-16-24)8-7-21-9-13-23(14-10-21)25(35)20-39-19-17-34/h9-16,25-26,34-35H,4-6,17-20H2,1-3H3,(H,31,37)(H,32,38)/t25?,26?,30-/m0/s1. The summed E-state index contributed by atoms with van der Waals surface area (Å²) in [7, 11) is 2.76. The molecule has 220 valence electrons. The zero-order valence-corrected chi connectivity index (χ0v) is 23.5. The number of likely N-dealkylation sites (N-methyl/N-ethyl adjacent to an activating group) is 2. The monoisotopic (exact) mass is 567 g/mol. The van der Waals surface area contributed by atoms with E-state index in [1.807, 2.05) is 0 Å². The average Bonchev–Trinajstić information content (AvgIpc) is 3.02. The lowest BCUT2D eigenvalue weighted by Gasteiger charge is -2.36. The molecule has 3 rings (SSSR count). The fourth-order valence-corrected chi connectivity index (χ4v) is 4.06. The first-order valence-electron chi connectivity index (χ1n) is 13.4. The van der Waals surface area contributed by atoms with Crippen molar-refractivity contribution >= 4 is 17.7 Å². The smallest absolute Gasteiger partial charge is 0.279 e. The third-order valence-corrected chi connectivity index (χ3v) is 6.80. The summed E-state index contributed by atoms with van der Waals surface area (Å²) < 4.78 is 10.6. The predicted molar refractivity (Wildman–Crippen MR) is 149 cm³/mol. The van der Waals surface area contributed by atoms with Crippen molar-refractivity contribution in [1.29, 1.82) is 0 Å². The lowest BCUT2D eigenvalue weighted by Crippen LogP contribution is -2.65. The summed E-state index contributed by atoms with van der Waals surface area (Å²) in [4.78, 5) is 45.6. The molecule has 2 unspecified atom stereocenters. The maximum absolute atomic E-state index is 13.3. The summed E-state index contributed by atoms with van der Waals surface area (Å²) in [5.41, 5.74) is 2.71. The number of rotatable bonds is 11. The van der Waals surface area contributed by atoms with E-state index in [9.17, 15) is 19.5 Å². The van der Waals surface area contributed by atoms with Gasteiger partial charge in [0.1, 0.15) is 6.10 Å². The molecule has 1 fully saturated rings. The summed E-state index contributed by atoms with van der Waals surface area (Å²) >= 11 is 0. The van der Waals surface area contributed by atoms with Gasteiger partial charge in [0.25, 0.3) is 17.7 Å². The third-order valence-electron chi connectivity index (χ3n) is 6.80. The molecule has 2 aromatic carbocycles. The van der Waals surface area contributed by atoms with Gasteiger partial charge in [-0.3, -0.25) is 14.4 Å². The van der Waals surface area contributed by atoms with Crippen LogP contribution in [0.4, 0.5) is 0 Å². The molecule has 0 bridgehead atoms. The minimum absolute atomic E-state index is 0.0853. The molecule has 0 radical (unpaired) electrons. The lowest BCUT2D eigenvalue weighted by molar-refractivity contribution is -0.204. The van der Waals surface area contributed by atoms with Crippen molar-refractivity contribution in [3.8, 4) is 11.8 Å². The van der Waals surface area contributed by atoms with Gasteiger partial charge in [0, 0.05) is 43.8 Å². The Balaban J connectivity index is 1.66. The Bertz CT molecular complexity index is 1230. The Labute approximate surface area is 239 Å². The summed E-state index contributed by atoms with van der Waals surface area (Å²) in [5, 5.41) is 21.3. The van der Waals surface area contributed by atoms with Gasteiger partial charge in [-0.1, -0.05) is 24.0 Å². The van der Waals surface area contributed by atoms with E-state index in [0.29, 0.717) is 24.2 Å². The predicted octanol–water partition coefficient (Wildman–Crippen LogP) is 1.28. The number of aliphatic hydroxyl groups excluding tert-OH is 2. The van der Waals surface area contributed by atoms with Crippen molar-refractivity contribution in [2.45, 2.75) is 44.1 Å². The fourth-order valence-electron chi connectivity index (χ4n) is 4.06. The Hall–Kier alpha value is -3.79. The molecule has 41 heavy (non-hydrogen) atoms. The Morgan fingerprint density at radius 3 is 2.27 bits per heavy atom. The summed E-state index contributed by atoms with van der Waals surface area (Å²) in [5.74, 6) is 4.02. The summed E-state index contributed by atoms with van der Waals surface area (Å²) in [6.07, 6.45) is 0.994. The van der Waals surface area contributed by atoms with E-state index in [4.69, 9.17) is 19.4 Å². The minimum Gasteiger partial charge on any atom is -0.394 e. The number of hydrogen-bond donors (Lipinski definition) is 4. The highest BCUT2D eigenvalue weighted by atomic mass is 16.8. The SMILES string of the molecule is CNC(=O)[C@@](C)(C(=O)NOC1CCCCO1)N(C)C(=O)c1ccc(C#Cc2ccc(C(O)COCCO)cc2)cc1. The van der Waals surface area contributed by atoms with E-state index in [-0.39, 0.29) is 25.4 Å². The van der Waals surface area contributed by atoms with Crippen LogP contribution < -0.4 is 10.8 Å². The molecule has 1 aliphatic rings. The van der Waals surface area contributed by atoms with Gasteiger partial charge in [0.05, 0.1) is 19.8 Å². The second-order valence-electron chi connectivity index (χ2n) is 9.62. The molecule has 11 heteroatoms. The molecule has 0 spiro atoms. The Kier molecular flexibility index (Phi) is 11.8. The van der Waals surface area contributed by atoms with Crippen molar-refractivity contribution in [1.82, 2.24) is 15.7 Å². The van der Waals surface area contributed by atoms with Gasteiger partial charge in [0.15, 0.2) is 11.8 Å². The van der Waals surface area contributed by atoms with Crippen molar-refractivity contribution in [3.05, 3.63) is 70.8 Å². The highest BCUT2D eigenvalue weighted by molar-refractivity contribution is 6.12. The number of nitrogens with one attached hydrogen (secondary N) is 2. The number of aliphatic hydroxyl groups is 2. The zero-order chi connectivity index (χ0) is 29.8. The molecule has 4 N–H and O–H groups in total.